The van der Waals surface area contributed by atoms with E-state index < -0.39 is 76.3 Å². The summed E-state index contributed by atoms with van der Waals surface area (Å²) < 4.78 is 45.9. The van der Waals surface area contributed by atoms with Crippen molar-refractivity contribution in [2.45, 2.75) is 31.9 Å². The summed E-state index contributed by atoms with van der Waals surface area (Å²) in [6, 6.07) is 15.0. The largest absolute Gasteiger partial charge is 0.504 e. The Morgan fingerprint density at radius 3 is 2.37 bits per heavy atom. The number of benzene rings is 2. The molecule has 3 fully saturated rings. The first kappa shape index (κ1) is 32.6. The van der Waals surface area contributed by atoms with Crippen LogP contribution in [0.5, 0.6) is 11.5 Å². The molecule has 0 unspecified atom stereocenters. The molecule has 2 aliphatic carbocycles. The number of phenols is 1. The van der Waals surface area contributed by atoms with Gasteiger partial charge in [-0.2, -0.15) is 18.2 Å². The lowest BCUT2D eigenvalue weighted by molar-refractivity contribution is -0.141. The number of fused-ring (bicyclic) bond motifs is 4. The zero-order chi connectivity index (χ0) is 35.2. The van der Waals surface area contributed by atoms with Crippen molar-refractivity contribution in [3.05, 3.63) is 88.6 Å². The Labute approximate surface area is 283 Å². The number of alkyl halides is 3. The molecule has 2 saturated heterocycles. The predicted molar refractivity (Wildman–Crippen MR) is 170 cm³/mol. The van der Waals surface area contributed by atoms with Crippen molar-refractivity contribution >= 4 is 46.7 Å². The summed E-state index contributed by atoms with van der Waals surface area (Å²) in [5, 5.41) is 12.3. The number of imide groups is 2. The van der Waals surface area contributed by atoms with Crippen molar-refractivity contribution in [2.75, 3.05) is 24.1 Å². The van der Waals surface area contributed by atoms with E-state index in [9.17, 15) is 37.5 Å². The van der Waals surface area contributed by atoms with Crippen molar-refractivity contribution in [3.63, 3.8) is 0 Å². The maximum absolute atomic E-state index is 14.5. The van der Waals surface area contributed by atoms with Gasteiger partial charge >= 0.3 is 6.18 Å². The Hall–Kier alpha value is -4.91. The number of para-hydroxylation sites is 1. The molecule has 10 nitrogen and oxygen atoms in total. The summed E-state index contributed by atoms with van der Waals surface area (Å²) in [5.41, 5.74) is -1.00. The average Bonchev–Trinajstić information content (AvgIpc) is 3.43. The number of aromatic nitrogens is 1. The van der Waals surface area contributed by atoms with Crippen LogP contribution in [0, 0.1) is 29.1 Å². The third kappa shape index (κ3) is 4.72. The molecule has 0 spiro atoms. The van der Waals surface area contributed by atoms with Crippen molar-refractivity contribution in [3.8, 4) is 11.5 Å². The minimum atomic E-state index is -4.80. The molecule has 3 aromatic rings. The molecule has 254 valence electrons. The number of carbonyl (C=O) groups excluding carboxylic acids is 4. The van der Waals surface area contributed by atoms with E-state index in [0.717, 1.165) is 16.1 Å². The van der Waals surface area contributed by atoms with E-state index in [1.807, 2.05) is 6.08 Å². The van der Waals surface area contributed by atoms with Gasteiger partial charge in [0, 0.05) is 13.0 Å². The first-order valence-corrected chi connectivity index (χ1v) is 15.9. The quantitative estimate of drug-likeness (QED) is 0.265. The lowest BCUT2D eigenvalue weighted by Gasteiger charge is -2.49. The number of allylic oxidation sites excluding steroid dienone is 2. The number of pyridine rings is 1. The summed E-state index contributed by atoms with van der Waals surface area (Å²) in [7, 11) is 2.64. The van der Waals surface area contributed by atoms with Crippen molar-refractivity contribution < 1.29 is 42.2 Å². The fourth-order valence-corrected chi connectivity index (χ4v) is 8.52. The van der Waals surface area contributed by atoms with Gasteiger partial charge in [-0.3, -0.25) is 24.2 Å². The molecule has 3 heterocycles. The highest BCUT2D eigenvalue weighted by Crippen LogP contribution is 2.64. The number of aromatic hydroxyl groups is 1. The van der Waals surface area contributed by atoms with Gasteiger partial charge in [0.05, 0.1) is 41.0 Å². The minimum absolute atomic E-state index is 0.0647. The highest BCUT2D eigenvalue weighted by Gasteiger charge is 2.68. The summed E-state index contributed by atoms with van der Waals surface area (Å²) in [6.07, 6.45) is -2.81. The van der Waals surface area contributed by atoms with Gasteiger partial charge in [-0.05, 0) is 67.6 Å². The van der Waals surface area contributed by atoms with E-state index in [4.69, 9.17) is 16.3 Å². The summed E-state index contributed by atoms with van der Waals surface area (Å²) in [4.78, 5) is 61.7. The van der Waals surface area contributed by atoms with Crippen LogP contribution in [-0.2, 0) is 25.4 Å². The fourth-order valence-electron chi connectivity index (χ4n) is 8.30. The lowest BCUT2D eigenvalue weighted by Crippen LogP contribution is -2.49. The molecule has 0 bridgehead atoms. The molecule has 4 amide bonds. The summed E-state index contributed by atoms with van der Waals surface area (Å²) in [6.45, 7) is 1.72. The molecule has 1 N–H and O–H groups in total. The van der Waals surface area contributed by atoms with Crippen molar-refractivity contribution in [1.29, 1.82) is 0 Å². The van der Waals surface area contributed by atoms with Crippen LogP contribution in [0.2, 0.25) is 5.02 Å². The van der Waals surface area contributed by atoms with Crippen LogP contribution >= 0.6 is 11.6 Å². The highest BCUT2D eigenvalue weighted by molar-refractivity contribution is 6.33. The number of hydrazine groups is 1. The van der Waals surface area contributed by atoms with Crippen molar-refractivity contribution in [2.24, 2.45) is 29.1 Å². The number of nitrogens with zero attached hydrogens (tertiary/aromatic N) is 4. The number of amides is 4. The normalized spacial score (nSPS) is 27.9. The van der Waals surface area contributed by atoms with Crippen LogP contribution in [-0.4, -0.2) is 52.9 Å². The van der Waals surface area contributed by atoms with Crippen LogP contribution in [0.4, 0.5) is 24.7 Å². The van der Waals surface area contributed by atoms with Gasteiger partial charge in [-0.15, -0.1) is 0 Å². The molecular formula is C35H30ClF3N4O6. The SMILES string of the molecule is COc1ccc([C@H]2C3=CC[C@@H]4C(=O)N(N(C)c5nc(C(F)(F)F)ccc5Cl)C(=O)[C@@H]4[C@@H]3C[C@H]3C(=O)N(c4ccccc4)C(=O)[C@@]23C)cc1O. The third-order valence-electron chi connectivity index (χ3n) is 10.5. The average molecular weight is 695 g/mol. The van der Waals surface area contributed by atoms with E-state index >= 15 is 0 Å². The molecule has 1 saturated carbocycles. The van der Waals surface area contributed by atoms with Gasteiger partial charge in [0.2, 0.25) is 11.8 Å². The Balaban J connectivity index is 1.33. The number of carbonyl (C=O) groups is 4. The minimum Gasteiger partial charge on any atom is -0.504 e. The predicted octanol–water partition coefficient (Wildman–Crippen LogP) is 5.75. The van der Waals surface area contributed by atoms with Crippen LogP contribution in [0.15, 0.2) is 72.3 Å². The topological polar surface area (TPSA) is 120 Å². The fraction of sp³-hybridized carbons (Fsp3) is 0.343. The van der Waals surface area contributed by atoms with Gasteiger partial charge in [-0.1, -0.05) is 47.5 Å². The molecular weight excluding hydrogens is 665 g/mol. The third-order valence-corrected chi connectivity index (χ3v) is 10.8. The van der Waals surface area contributed by atoms with Crippen LogP contribution in [0.1, 0.15) is 36.9 Å². The number of phenolic OH excluding ortho intramolecular Hbond substituents is 1. The maximum atomic E-state index is 14.5. The summed E-state index contributed by atoms with van der Waals surface area (Å²) in [5.74, 6) is -6.89. The van der Waals surface area contributed by atoms with E-state index in [0.29, 0.717) is 22.9 Å². The molecule has 2 aliphatic heterocycles. The molecule has 6 atom stereocenters. The second-order valence-corrected chi connectivity index (χ2v) is 13.3. The molecule has 0 radical (unpaired) electrons. The number of rotatable bonds is 5. The number of hydrogen-bond acceptors (Lipinski definition) is 8. The molecule has 4 aliphatic rings. The van der Waals surface area contributed by atoms with Gasteiger partial charge in [-0.25, -0.2) is 9.88 Å². The molecule has 14 heteroatoms. The van der Waals surface area contributed by atoms with Gasteiger partial charge in [0.1, 0.15) is 5.69 Å². The highest BCUT2D eigenvalue weighted by atomic mass is 35.5. The Kier molecular flexibility index (Phi) is 7.54. The van der Waals surface area contributed by atoms with Gasteiger partial charge in [0.25, 0.3) is 11.8 Å². The number of anilines is 2. The molecule has 2 aromatic carbocycles. The van der Waals surface area contributed by atoms with E-state index in [1.165, 1.54) is 25.1 Å². The second kappa shape index (κ2) is 11.3. The number of halogens is 4. The molecule has 49 heavy (non-hydrogen) atoms. The van der Waals surface area contributed by atoms with Crippen LogP contribution < -0.4 is 14.6 Å². The summed E-state index contributed by atoms with van der Waals surface area (Å²) >= 11 is 6.24. The first-order valence-electron chi connectivity index (χ1n) is 15.6. The smallest absolute Gasteiger partial charge is 0.433 e. The Bertz CT molecular complexity index is 1950. The monoisotopic (exact) mass is 694 g/mol. The van der Waals surface area contributed by atoms with E-state index in [2.05, 4.69) is 4.98 Å². The first-order chi connectivity index (χ1) is 23.2. The van der Waals surface area contributed by atoms with Crippen LogP contribution in [0.25, 0.3) is 0 Å². The zero-order valence-corrected chi connectivity index (χ0v) is 27.2. The molecule has 7 rings (SSSR count). The second-order valence-electron chi connectivity index (χ2n) is 12.9. The van der Waals surface area contributed by atoms with Crippen LogP contribution in [0.3, 0.4) is 0 Å². The lowest BCUT2D eigenvalue weighted by atomic mass is 9.51. The Morgan fingerprint density at radius 1 is 1.00 bits per heavy atom. The number of ether oxygens (including phenoxy) is 1. The standard InChI is InChI=1S/C35H30ClF3N4O6/c1-34-22(31(46)42(33(34)48)18-7-5-4-6-8-18)16-21-19(28(34)17-9-13-25(49-3)24(44)15-17)10-11-20-27(21)32(47)43(30(20)45)41(2)29-23(36)12-14-26(40-29)35(37,38)39/h4-10,12-15,20-22,27-28,44H,11,16H2,1-3H3/t20-,21+,22-,27-,28-,34+/m0/s1. The van der Waals surface area contributed by atoms with Gasteiger partial charge in [0.15, 0.2) is 17.3 Å². The van der Waals surface area contributed by atoms with E-state index in [-0.39, 0.29) is 29.4 Å². The van der Waals surface area contributed by atoms with Gasteiger partial charge < -0.3 is 9.84 Å². The maximum Gasteiger partial charge on any atom is 0.433 e. The van der Waals surface area contributed by atoms with E-state index in [1.54, 1.807) is 49.4 Å². The van der Waals surface area contributed by atoms with Crippen molar-refractivity contribution in [1.82, 2.24) is 9.99 Å². The number of methoxy groups -OCH3 is 1. The number of hydrogen-bond donors (Lipinski definition) is 1. The Morgan fingerprint density at radius 2 is 1.71 bits per heavy atom. The molecule has 1 aromatic heterocycles. The zero-order valence-electron chi connectivity index (χ0n) is 26.4.